The van der Waals surface area contributed by atoms with E-state index in [9.17, 15) is 9.59 Å². The molecule has 8 nitrogen and oxygen atoms in total. The van der Waals surface area contributed by atoms with Crippen molar-refractivity contribution in [3.05, 3.63) is 78.1 Å². The maximum atomic E-state index is 13.3. The molecule has 1 saturated heterocycles. The summed E-state index contributed by atoms with van der Waals surface area (Å²) in [6, 6.07) is 16.1. The monoisotopic (exact) mass is 432 g/mol. The number of benzene rings is 2. The number of para-hydroxylation sites is 1. The van der Waals surface area contributed by atoms with Gasteiger partial charge in [0.1, 0.15) is 11.5 Å². The summed E-state index contributed by atoms with van der Waals surface area (Å²) in [7, 11) is 1.60. The van der Waals surface area contributed by atoms with Gasteiger partial charge in [0, 0.05) is 50.1 Å². The molecule has 1 aliphatic rings. The normalized spacial score (nSPS) is 15.9. The number of hydrogen-bond acceptors (Lipinski definition) is 6. The maximum absolute atomic E-state index is 13.3. The predicted molar refractivity (Wildman–Crippen MR) is 118 cm³/mol. The number of hydrogen-bond donors (Lipinski definition) is 0. The van der Waals surface area contributed by atoms with E-state index in [4.69, 9.17) is 9.47 Å². The average Bonchev–Trinajstić information content (AvgIpc) is 2.84. The van der Waals surface area contributed by atoms with Crippen molar-refractivity contribution in [3.8, 4) is 17.5 Å². The molecule has 0 saturated carbocycles. The Morgan fingerprint density at radius 2 is 1.78 bits per heavy atom. The van der Waals surface area contributed by atoms with Crippen molar-refractivity contribution in [2.45, 2.75) is 13.0 Å². The molecule has 1 aromatic heterocycles. The SMILES string of the molecule is COc1ccccc1[C@@H]1CN(C(=O)c2cccc(Oc3ncccn3)c2)CCN1C(C)=O. The van der Waals surface area contributed by atoms with Crippen molar-refractivity contribution < 1.29 is 19.1 Å². The zero-order valence-corrected chi connectivity index (χ0v) is 18.0. The molecule has 0 N–H and O–H groups in total. The molecule has 2 amide bonds. The van der Waals surface area contributed by atoms with Crippen LogP contribution in [-0.2, 0) is 4.79 Å². The molecule has 1 atom stereocenters. The first kappa shape index (κ1) is 21.3. The van der Waals surface area contributed by atoms with E-state index in [1.165, 1.54) is 0 Å². The molecule has 8 heteroatoms. The first-order chi connectivity index (χ1) is 15.6. The minimum absolute atomic E-state index is 0.0359. The van der Waals surface area contributed by atoms with Crippen molar-refractivity contribution in [3.63, 3.8) is 0 Å². The molecule has 3 aromatic rings. The van der Waals surface area contributed by atoms with Gasteiger partial charge in [-0.05, 0) is 30.3 Å². The summed E-state index contributed by atoms with van der Waals surface area (Å²) in [5.41, 5.74) is 1.37. The van der Waals surface area contributed by atoms with E-state index in [0.717, 1.165) is 5.56 Å². The Bertz CT molecular complexity index is 1110. The number of piperazine rings is 1. The highest BCUT2D eigenvalue weighted by Crippen LogP contribution is 2.33. The van der Waals surface area contributed by atoms with Gasteiger partial charge in [-0.1, -0.05) is 24.3 Å². The van der Waals surface area contributed by atoms with E-state index in [1.807, 2.05) is 24.3 Å². The standard InChI is InChI=1S/C24H24N4O4/c1-17(29)28-14-13-27(16-21(28)20-9-3-4-10-22(20)31-2)23(30)18-7-5-8-19(15-18)32-24-25-11-6-12-26-24/h3-12,15,21H,13-14,16H2,1-2H3/t21-/m0/s1. The van der Waals surface area contributed by atoms with Crippen LogP contribution in [0, 0.1) is 0 Å². The second kappa shape index (κ2) is 9.47. The molecule has 1 aliphatic heterocycles. The maximum Gasteiger partial charge on any atom is 0.321 e. The molecule has 32 heavy (non-hydrogen) atoms. The van der Waals surface area contributed by atoms with E-state index >= 15 is 0 Å². The largest absolute Gasteiger partial charge is 0.496 e. The Labute approximate surface area is 186 Å². The highest BCUT2D eigenvalue weighted by molar-refractivity contribution is 5.95. The van der Waals surface area contributed by atoms with Crippen LogP contribution in [-0.4, -0.2) is 58.3 Å². The molecule has 0 aliphatic carbocycles. The molecule has 0 unspecified atom stereocenters. The van der Waals surface area contributed by atoms with Gasteiger partial charge in [0.25, 0.3) is 5.91 Å². The Hall–Kier alpha value is -3.94. The fraction of sp³-hybridized carbons (Fsp3) is 0.250. The second-order valence-electron chi connectivity index (χ2n) is 7.38. The predicted octanol–water partition coefficient (Wildman–Crippen LogP) is 3.32. The van der Waals surface area contributed by atoms with Crippen LogP contribution in [0.2, 0.25) is 0 Å². The molecule has 1 fully saturated rings. The number of carbonyl (C=O) groups excluding carboxylic acids is 2. The van der Waals surface area contributed by atoms with Crippen molar-refractivity contribution in [1.82, 2.24) is 19.8 Å². The van der Waals surface area contributed by atoms with E-state index < -0.39 is 0 Å². The lowest BCUT2D eigenvalue weighted by Crippen LogP contribution is -2.51. The molecule has 4 rings (SSSR count). The zero-order valence-electron chi connectivity index (χ0n) is 18.0. The second-order valence-corrected chi connectivity index (χ2v) is 7.38. The van der Waals surface area contributed by atoms with Crippen LogP contribution in [0.5, 0.6) is 17.5 Å². The minimum Gasteiger partial charge on any atom is -0.496 e. The van der Waals surface area contributed by atoms with E-state index in [2.05, 4.69) is 9.97 Å². The zero-order chi connectivity index (χ0) is 22.5. The Morgan fingerprint density at radius 1 is 1.00 bits per heavy atom. The summed E-state index contributed by atoms with van der Waals surface area (Å²) in [4.78, 5) is 37.3. The third kappa shape index (κ3) is 4.54. The lowest BCUT2D eigenvalue weighted by Gasteiger charge is -2.41. The quantitative estimate of drug-likeness (QED) is 0.615. The van der Waals surface area contributed by atoms with Crippen molar-refractivity contribution >= 4 is 11.8 Å². The van der Waals surface area contributed by atoms with Crippen molar-refractivity contribution in [1.29, 1.82) is 0 Å². The van der Waals surface area contributed by atoms with Gasteiger partial charge in [-0.3, -0.25) is 9.59 Å². The van der Waals surface area contributed by atoms with Gasteiger partial charge in [0.2, 0.25) is 5.91 Å². The molecule has 164 valence electrons. The summed E-state index contributed by atoms with van der Waals surface area (Å²) in [6.45, 7) is 2.80. The van der Waals surface area contributed by atoms with Crippen LogP contribution in [0.3, 0.4) is 0 Å². The van der Waals surface area contributed by atoms with Gasteiger partial charge in [-0.2, -0.15) is 0 Å². The molecule has 0 spiro atoms. The van der Waals surface area contributed by atoms with Gasteiger partial charge in [-0.15, -0.1) is 0 Å². The number of rotatable bonds is 5. The highest BCUT2D eigenvalue weighted by atomic mass is 16.5. The Kier molecular flexibility index (Phi) is 6.30. The van der Waals surface area contributed by atoms with Gasteiger partial charge >= 0.3 is 6.01 Å². The number of ether oxygens (including phenoxy) is 2. The summed E-state index contributed by atoms with van der Waals surface area (Å²) in [6.07, 6.45) is 3.17. The Balaban J connectivity index is 1.57. The van der Waals surface area contributed by atoms with Gasteiger partial charge in [0.15, 0.2) is 0 Å². The van der Waals surface area contributed by atoms with Crippen LogP contribution in [0.1, 0.15) is 28.9 Å². The van der Waals surface area contributed by atoms with Gasteiger partial charge in [0.05, 0.1) is 13.2 Å². The summed E-state index contributed by atoms with van der Waals surface area (Å²) >= 11 is 0. The summed E-state index contributed by atoms with van der Waals surface area (Å²) in [5.74, 6) is 1.00. The Morgan fingerprint density at radius 3 is 2.53 bits per heavy atom. The number of carbonyl (C=O) groups is 2. The van der Waals surface area contributed by atoms with Crippen molar-refractivity contribution in [2.24, 2.45) is 0 Å². The van der Waals surface area contributed by atoms with E-state index in [1.54, 1.807) is 66.6 Å². The van der Waals surface area contributed by atoms with Gasteiger partial charge < -0.3 is 19.3 Å². The molecular formula is C24H24N4O4. The third-order valence-corrected chi connectivity index (χ3v) is 5.40. The van der Waals surface area contributed by atoms with Crippen LogP contribution < -0.4 is 9.47 Å². The molecule has 2 aromatic carbocycles. The minimum atomic E-state index is -0.293. The highest BCUT2D eigenvalue weighted by Gasteiger charge is 2.34. The topological polar surface area (TPSA) is 84.9 Å². The number of amides is 2. The van der Waals surface area contributed by atoms with E-state index in [0.29, 0.717) is 36.7 Å². The van der Waals surface area contributed by atoms with Crippen LogP contribution in [0.4, 0.5) is 0 Å². The summed E-state index contributed by atoms with van der Waals surface area (Å²) < 4.78 is 11.2. The molecule has 2 heterocycles. The first-order valence-electron chi connectivity index (χ1n) is 10.3. The fourth-order valence-electron chi connectivity index (χ4n) is 3.87. The average molecular weight is 432 g/mol. The van der Waals surface area contributed by atoms with Crippen LogP contribution in [0.15, 0.2) is 67.0 Å². The lowest BCUT2D eigenvalue weighted by molar-refractivity contribution is -0.133. The fourth-order valence-corrected chi connectivity index (χ4v) is 3.87. The number of methoxy groups -OCH3 is 1. The number of nitrogens with zero attached hydrogens (tertiary/aromatic N) is 4. The third-order valence-electron chi connectivity index (χ3n) is 5.40. The van der Waals surface area contributed by atoms with Gasteiger partial charge in [-0.25, -0.2) is 9.97 Å². The van der Waals surface area contributed by atoms with Crippen molar-refractivity contribution in [2.75, 3.05) is 26.7 Å². The number of aromatic nitrogens is 2. The smallest absolute Gasteiger partial charge is 0.321 e. The molecule has 0 bridgehead atoms. The van der Waals surface area contributed by atoms with E-state index in [-0.39, 0.29) is 23.9 Å². The first-order valence-corrected chi connectivity index (χ1v) is 10.3. The molecular weight excluding hydrogens is 408 g/mol. The van der Waals surface area contributed by atoms with Crippen LogP contribution in [0.25, 0.3) is 0 Å². The summed E-state index contributed by atoms with van der Waals surface area (Å²) in [5, 5.41) is 0. The lowest BCUT2D eigenvalue weighted by atomic mass is 10.00. The molecule has 0 radical (unpaired) electrons. The van der Waals surface area contributed by atoms with Crippen LogP contribution >= 0.6 is 0 Å².